The van der Waals surface area contributed by atoms with E-state index < -0.39 is 7.04 Å². The molecule has 0 bridgehead atoms. The van der Waals surface area contributed by atoms with E-state index in [9.17, 15) is 4.79 Å². The van der Waals surface area contributed by atoms with E-state index in [-0.39, 0.29) is 23.4 Å². The number of nitrogens with zero attached hydrogens (tertiary/aromatic N) is 3. The minimum atomic E-state index is -2.71. The average Bonchev–Trinajstić information content (AvgIpc) is 3.45. The quantitative estimate of drug-likeness (QED) is 0.689. The van der Waals surface area contributed by atoms with E-state index in [1.165, 1.54) is 19.4 Å². The molecule has 8 heteroatoms. The maximum absolute atomic E-state index is 12.2. The number of aromatic nitrogens is 3. The van der Waals surface area contributed by atoms with Crippen LogP contribution < -0.4 is 15.4 Å². The van der Waals surface area contributed by atoms with Crippen molar-refractivity contribution in [3.05, 3.63) is 48.1 Å². The number of nitrogens with one attached hydrogen (secondary N) is 2. The minimum Gasteiger partial charge on any atom is -0.494 e. The zero-order valence-corrected chi connectivity index (χ0v) is 14.5. The van der Waals surface area contributed by atoms with E-state index in [0.717, 1.165) is 12.8 Å². The van der Waals surface area contributed by atoms with Gasteiger partial charge in [-0.1, -0.05) is 11.2 Å². The molecule has 0 saturated heterocycles. The molecule has 0 spiro atoms. The van der Waals surface area contributed by atoms with Gasteiger partial charge in [-0.15, -0.1) is 0 Å². The summed E-state index contributed by atoms with van der Waals surface area (Å²) in [5.74, 6) is 0.708. The lowest BCUT2D eigenvalue weighted by atomic mass is 10.1. The largest absolute Gasteiger partial charge is 0.494 e. The molecule has 1 aliphatic carbocycles. The van der Waals surface area contributed by atoms with Gasteiger partial charge in [0.2, 0.25) is 11.7 Å². The summed E-state index contributed by atoms with van der Waals surface area (Å²) in [5.41, 5.74) is 1.42. The number of carbonyl (C=O) groups excluding carboxylic acids is 1. The highest BCUT2D eigenvalue weighted by atomic mass is 16.5. The summed E-state index contributed by atoms with van der Waals surface area (Å²) >= 11 is 0. The number of hydrogen-bond donors (Lipinski definition) is 2. The fraction of sp³-hybridized carbons (Fsp3) is 0.263. The summed E-state index contributed by atoms with van der Waals surface area (Å²) in [5, 5.41) is 9.61. The second kappa shape index (κ2) is 7.06. The predicted molar refractivity (Wildman–Crippen MR) is 99.2 cm³/mol. The van der Waals surface area contributed by atoms with Crippen LogP contribution in [0, 0.1) is 0 Å². The zero-order valence-electron chi connectivity index (χ0n) is 17.5. The first-order valence-corrected chi connectivity index (χ1v) is 8.45. The molecule has 1 aliphatic rings. The number of hydrogen-bond acceptors (Lipinski definition) is 7. The van der Waals surface area contributed by atoms with Gasteiger partial charge in [0.05, 0.1) is 33.7 Å². The Morgan fingerprint density at radius 2 is 2.22 bits per heavy atom. The van der Waals surface area contributed by atoms with Crippen LogP contribution in [0.15, 0.2) is 41.2 Å². The molecule has 2 heterocycles. The van der Waals surface area contributed by atoms with Gasteiger partial charge in [0.1, 0.15) is 0 Å². The lowest BCUT2D eigenvalue weighted by Crippen LogP contribution is -2.19. The Hall–Kier alpha value is -3.42. The Balaban J connectivity index is 1.77. The molecule has 1 amide bonds. The van der Waals surface area contributed by atoms with Crippen molar-refractivity contribution < 1.29 is 18.2 Å². The Labute approximate surface area is 160 Å². The zero-order chi connectivity index (χ0) is 21.3. The van der Waals surface area contributed by atoms with E-state index >= 15 is 0 Å². The topological polar surface area (TPSA) is 102 Å². The minimum absolute atomic E-state index is 0.0281. The number of rotatable bonds is 6. The molecule has 0 atom stereocenters. The fourth-order valence-corrected chi connectivity index (χ4v) is 2.73. The fourth-order valence-electron chi connectivity index (χ4n) is 2.73. The number of para-hydroxylation sites is 1. The van der Waals surface area contributed by atoms with Crippen molar-refractivity contribution in [2.45, 2.75) is 18.8 Å². The number of carbonyl (C=O) groups is 1. The third kappa shape index (κ3) is 3.33. The maximum Gasteiger partial charge on any atom is 0.254 e. The predicted octanol–water partition coefficient (Wildman–Crippen LogP) is 3.12. The standard InChI is InChI=1S/C19H19N5O3/c1-20-18(25)13-10-21-9-8-14(13)22-15-5-3-4-12(16(15)26-2)17-23-19(27-24-17)11-6-7-11/h3-5,8-11H,6-7H2,1-2H3,(H,20,25)(H,21,22)/i2D3. The number of methoxy groups -OCH3 is 1. The van der Waals surface area contributed by atoms with Crippen LogP contribution in [0.4, 0.5) is 11.4 Å². The van der Waals surface area contributed by atoms with E-state index in [1.54, 1.807) is 24.3 Å². The molecule has 1 fully saturated rings. The molecule has 3 aromatic rings. The van der Waals surface area contributed by atoms with Crippen LogP contribution in [-0.2, 0) is 0 Å². The third-order valence-corrected chi connectivity index (χ3v) is 4.29. The highest BCUT2D eigenvalue weighted by Crippen LogP contribution is 2.41. The van der Waals surface area contributed by atoms with Crippen LogP contribution in [0.3, 0.4) is 0 Å². The summed E-state index contributed by atoms with van der Waals surface area (Å²) in [6.07, 6.45) is 4.92. The van der Waals surface area contributed by atoms with Gasteiger partial charge in [0.15, 0.2) is 5.75 Å². The van der Waals surface area contributed by atoms with Gasteiger partial charge in [-0.3, -0.25) is 9.78 Å². The molecule has 0 radical (unpaired) electrons. The monoisotopic (exact) mass is 368 g/mol. The molecule has 0 aliphatic heterocycles. The molecule has 2 aromatic heterocycles. The highest BCUT2D eigenvalue weighted by molar-refractivity contribution is 6.00. The van der Waals surface area contributed by atoms with Crippen LogP contribution in [0.5, 0.6) is 5.75 Å². The molecule has 1 aromatic carbocycles. The van der Waals surface area contributed by atoms with Crippen molar-refractivity contribution in [2.75, 3.05) is 19.4 Å². The Bertz CT molecular complexity index is 1080. The van der Waals surface area contributed by atoms with Crippen molar-refractivity contribution in [1.29, 1.82) is 0 Å². The summed E-state index contributed by atoms with van der Waals surface area (Å²) in [6, 6.07) is 6.61. The van der Waals surface area contributed by atoms with Gasteiger partial charge >= 0.3 is 0 Å². The number of amides is 1. The molecule has 4 rings (SSSR count). The first-order valence-electron chi connectivity index (χ1n) is 9.95. The first-order chi connectivity index (χ1) is 14.4. The van der Waals surface area contributed by atoms with E-state index in [0.29, 0.717) is 28.4 Å². The third-order valence-electron chi connectivity index (χ3n) is 4.29. The van der Waals surface area contributed by atoms with Crippen molar-refractivity contribution in [3.8, 4) is 17.1 Å². The number of ether oxygens (including phenoxy) is 1. The summed E-state index contributed by atoms with van der Waals surface area (Å²) in [4.78, 5) is 20.5. The van der Waals surface area contributed by atoms with Gasteiger partial charge in [-0.05, 0) is 31.0 Å². The normalized spacial score (nSPS) is 15.4. The van der Waals surface area contributed by atoms with Gasteiger partial charge in [0.25, 0.3) is 5.91 Å². The Morgan fingerprint density at radius 1 is 1.33 bits per heavy atom. The van der Waals surface area contributed by atoms with Crippen LogP contribution in [0.2, 0.25) is 0 Å². The average molecular weight is 368 g/mol. The molecular weight excluding hydrogens is 346 g/mol. The highest BCUT2D eigenvalue weighted by Gasteiger charge is 2.30. The second-order valence-corrected chi connectivity index (χ2v) is 6.14. The van der Waals surface area contributed by atoms with Gasteiger partial charge < -0.3 is 19.9 Å². The van der Waals surface area contributed by atoms with E-state index in [1.807, 2.05) is 0 Å². The van der Waals surface area contributed by atoms with E-state index in [4.69, 9.17) is 13.4 Å². The van der Waals surface area contributed by atoms with Crippen LogP contribution in [0.25, 0.3) is 11.4 Å². The lowest BCUT2D eigenvalue weighted by Gasteiger charge is -2.15. The molecule has 1 saturated carbocycles. The Morgan fingerprint density at radius 3 is 3.00 bits per heavy atom. The van der Waals surface area contributed by atoms with E-state index in [2.05, 4.69) is 25.8 Å². The molecule has 8 nitrogen and oxygen atoms in total. The second-order valence-electron chi connectivity index (χ2n) is 6.14. The maximum atomic E-state index is 12.2. The van der Waals surface area contributed by atoms with Crippen molar-refractivity contribution in [1.82, 2.24) is 20.4 Å². The number of benzene rings is 1. The SMILES string of the molecule is [2H]C([2H])([2H])Oc1c(Nc2ccncc2C(=O)NC)cccc1-c1noc(C2CC2)n1. The summed E-state index contributed by atoms with van der Waals surface area (Å²) in [6.45, 7) is 0. The van der Waals surface area contributed by atoms with Gasteiger partial charge in [-0.2, -0.15) is 4.98 Å². The van der Waals surface area contributed by atoms with Crippen LogP contribution in [0.1, 0.15) is 39.1 Å². The summed E-state index contributed by atoms with van der Waals surface area (Å²) < 4.78 is 33.3. The molecule has 138 valence electrons. The number of pyridine rings is 1. The molecular formula is C19H19N5O3. The lowest BCUT2D eigenvalue weighted by molar-refractivity contribution is 0.0963. The first kappa shape index (κ1) is 13.7. The molecule has 27 heavy (non-hydrogen) atoms. The van der Waals surface area contributed by atoms with Crippen molar-refractivity contribution in [3.63, 3.8) is 0 Å². The smallest absolute Gasteiger partial charge is 0.254 e. The van der Waals surface area contributed by atoms with Crippen molar-refractivity contribution >= 4 is 17.3 Å². The van der Waals surface area contributed by atoms with Gasteiger partial charge in [0, 0.05) is 25.4 Å². The summed E-state index contributed by atoms with van der Waals surface area (Å²) in [7, 11) is -1.20. The Kier molecular flexibility index (Phi) is 3.60. The van der Waals surface area contributed by atoms with Gasteiger partial charge in [-0.25, -0.2) is 0 Å². The van der Waals surface area contributed by atoms with Crippen LogP contribution >= 0.6 is 0 Å². The molecule has 0 unspecified atom stereocenters. The molecule has 2 N–H and O–H groups in total. The van der Waals surface area contributed by atoms with Crippen LogP contribution in [-0.4, -0.2) is 35.1 Å². The van der Waals surface area contributed by atoms with Crippen molar-refractivity contribution in [2.24, 2.45) is 0 Å². The number of anilines is 2.